The fraction of sp³-hybridized carbons (Fsp3) is 0.571. The molecular weight excluding hydrogens is 248 g/mol. The molecule has 1 aliphatic rings. The molecule has 1 aromatic carbocycles. The molecular formula is C14H20O5. The third-order valence-corrected chi connectivity index (χ3v) is 3.14. The number of methoxy groups -OCH3 is 1. The first kappa shape index (κ1) is 14.1. The van der Waals surface area contributed by atoms with Crippen LogP contribution in [0.1, 0.15) is 30.9 Å². The minimum Gasteiger partial charge on any atom is -0.493 e. The lowest BCUT2D eigenvalue weighted by molar-refractivity contribution is -0.106. The molecule has 5 nitrogen and oxygen atoms in total. The molecule has 2 N–H and O–H groups in total. The topological polar surface area (TPSA) is 68.2 Å². The summed E-state index contributed by atoms with van der Waals surface area (Å²) in [6.45, 7) is 0.392. The molecule has 1 saturated heterocycles. The third-order valence-electron chi connectivity index (χ3n) is 3.14. The highest BCUT2D eigenvalue weighted by Crippen LogP contribution is 2.32. The zero-order valence-corrected chi connectivity index (χ0v) is 11.0. The van der Waals surface area contributed by atoms with E-state index in [1.807, 2.05) is 0 Å². The van der Waals surface area contributed by atoms with E-state index in [9.17, 15) is 5.11 Å². The first-order valence-corrected chi connectivity index (χ1v) is 6.49. The lowest BCUT2D eigenvalue weighted by Crippen LogP contribution is -2.25. The van der Waals surface area contributed by atoms with Crippen LogP contribution in [0.2, 0.25) is 0 Å². The summed E-state index contributed by atoms with van der Waals surface area (Å²) in [6, 6.07) is 5.10. The summed E-state index contributed by atoms with van der Waals surface area (Å²) in [5, 5.41) is 18.5. The van der Waals surface area contributed by atoms with Gasteiger partial charge in [0.15, 0.2) is 17.8 Å². The highest BCUT2D eigenvalue weighted by Gasteiger charge is 2.18. The van der Waals surface area contributed by atoms with Gasteiger partial charge in [0, 0.05) is 6.42 Å². The van der Waals surface area contributed by atoms with Gasteiger partial charge in [-0.25, -0.2) is 0 Å². The van der Waals surface area contributed by atoms with Gasteiger partial charge in [-0.15, -0.1) is 0 Å². The molecule has 106 valence electrons. The zero-order valence-electron chi connectivity index (χ0n) is 11.0. The maximum atomic E-state index is 9.59. The Bertz CT molecular complexity index is 401. The SMILES string of the molecule is COc1cc(C(O)CO)ccc1OC1CCCCO1. The van der Waals surface area contributed by atoms with Crippen molar-refractivity contribution in [3.8, 4) is 11.5 Å². The predicted octanol–water partition coefficient (Wildman–Crippen LogP) is 1.63. The molecule has 2 unspecified atom stereocenters. The number of aliphatic hydroxyl groups is 2. The van der Waals surface area contributed by atoms with Gasteiger partial charge in [-0.3, -0.25) is 0 Å². The normalized spacial score (nSPS) is 20.9. The van der Waals surface area contributed by atoms with Gasteiger partial charge >= 0.3 is 0 Å². The Labute approximate surface area is 112 Å². The van der Waals surface area contributed by atoms with E-state index in [0.29, 0.717) is 23.7 Å². The number of benzene rings is 1. The monoisotopic (exact) mass is 268 g/mol. The molecule has 5 heteroatoms. The third kappa shape index (κ3) is 3.59. The van der Waals surface area contributed by atoms with E-state index in [1.54, 1.807) is 25.3 Å². The van der Waals surface area contributed by atoms with Crippen molar-refractivity contribution < 1.29 is 24.4 Å². The average molecular weight is 268 g/mol. The van der Waals surface area contributed by atoms with Crippen LogP contribution in [-0.2, 0) is 4.74 Å². The number of ether oxygens (including phenoxy) is 3. The first-order valence-electron chi connectivity index (χ1n) is 6.49. The van der Waals surface area contributed by atoms with Gasteiger partial charge in [-0.05, 0) is 30.5 Å². The van der Waals surface area contributed by atoms with Crippen LogP contribution in [0.4, 0.5) is 0 Å². The molecule has 19 heavy (non-hydrogen) atoms. The molecule has 0 bridgehead atoms. The van der Waals surface area contributed by atoms with Gasteiger partial charge in [0.2, 0.25) is 0 Å². The highest BCUT2D eigenvalue weighted by molar-refractivity contribution is 5.43. The second-order valence-corrected chi connectivity index (χ2v) is 4.52. The maximum Gasteiger partial charge on any atom is 0.200 e. The molecule has 0 spiro atoms. The van der Waals surface area contributed by atoms with E-state index >= 15 is 0 Å². The Balaban J connectivity index is 2.11. The molecule has 0 amide bonds. The van der Waals surface area contributed by atoms with Crippen molar-refractivity contribution in [3.63, 3.8) is 0 Å². The van der Waals surface area contributed by atoms with E-state index < -0.39 is 6.10 Å². The Morgan fingerprint density at radius 2 is 2.21 bits per heavy atom. The summed E-state index contributed by atoms with van der Waals surface area (Å²) in [5.74, 6) is 1.11. The molecule has 1 heterocycles. The van der Waals surface area contributed by atoms with Gasteiger partial charge in [-0.1, -0.05) is 6.07 Å². The summed E-state index contributed by atoms with van der Waals surface area (Å²) in [7, 11) is 1.54. The van der Waals surface area contributed by atoms with E-state index in [2.05, 4.69) is 0 Å². The number of hydrogen-bond acceptors (Lipinski definition) is 5. The van der Waals surface area contributed by atoms with E-state index in [4.69, 9.17) is 19.3 Å². The van der Waals surface area contributed by atoms with Gasteiger partial charge in [0.05, 0.1) is 20.3 Å². The van der Waals surface area contributed by atoms with Crippen LogP contribution in [0.15, 0.2) is 18.2 Å². The van der Waals surface area contributed by atoms with Crippen molar-refractivity contribution in [2.24, 2.45) is 0 Å². The summed E-state index contributed by atoms with van der Waals surface area (Å²) < 4.78 is 16.5. The Hall–Kier alpha value is -1.30. The maximum absolute atomic E-state index is 9.59. The van der Waals surface area contributed by atoms with Crippen LogP contribution in [0.3, 0.4) is 0 Å². The second kappa shape index (κ2) is 6.75. The van der Waals surface area contributed by atoms with Crippen molar-refractivity contribution in [1.29, 1.82) is 0 Å². The Kier molecular flexibility index (Phi) is 5.01. The molecule has 1 aliphatic heterocycles. The number of aliphatic hydroxyl groups excluding tert-OH is 2. The van der Waals surface area contributed by atoms with Crippen LogP contribution >= 0.6 is 0 Å². The molecule has 2 atom stereocenters. The minimum atomic E-state index is -0.908. The second-order valence-electron chi connectivity index (χ2n) is 4.52. The van der Waals surface area contributed by atoms with Gasteiger partial charge in [-0.2, -0.15) is 0 Å². The van der Waals surface area contributed by atoms with Crippen LogP contribution in [0.25, 0.3) is 0 Å². The van der Waals surface area contributed by atoms with Crippen LogP contribution in [0.5, 0.6) is 11.5 Å². The zero-order chi connectivity index (χ0) is 13.7. The van der Waals surface area contributed by atoms with E-state index in [1.165, 1.54) is 0 Å². The smallest absolute Gasteiger partial charge is 0.200 e. The average Bonchev–Trinajstić information content (AvgIpc) is 2.48. The minimum absolute atomic E-state index is 0.240. The lowest BCUT2D eigenvalue weighted by atomic mass is 10.1. The van der Waals surface area contributed by atoms with Gasteiger partial charge in [0.25, 0.3) is 0 Å². The molecule has 1 fully saturated rings. The fourth-order valence-corrected chi connectivity index (χ4v) is 2.04. The largest absolute Gasteiger partial charge is 0.493 e. The molecule has 0 radical (unpaired) electrons. The van der Waals surface area contributed by atoms with Crippen molar-refractivity contribution in [1.82, 2.24) is 0 Å². The Morgan fingerprint density at radius 3 is 2.84 bits per heavy atom. The first-order chi connectivity index (χ1) is 9.24. The van der Waals surface area contributed by atoms with E-state index in [0.717, 1.165) is 19.3 Å². The Morgan fingerprint density at radius 1 is 1.37 bits per heavy atom. The summed E-state index contributed by atoms with van der Waals surface area (Å²) in [5.41, 5.74) is 0.594. The van der Waals surface area contributed by atoms with Gasteiger partial charge < -0.3 is 24.4 Å². The van der Waals surface area contributed by atoms with Crippen molar-refractivity contribution in [2.45, 2.75) is 31.7 Å². The van der Waals surface area contributed by atoms with Crippen molar-refractivity contribution in [2.75, 3.05) is 20.3 Å². The number of rotatable bonds is 5. The van der Waals surface area contributed by atoms with Crippen molar-refractivity contribution >= 4 is 0 Å². The summed E-state index contributed by atoms with van der Waals surface area (Å²) in [6.07, 6.45) is 1.88. The summed E-state index contributed by atoms with van der Waals surface area (Å²) >= 11 is 0. The predicted molar refractivity (Wildman–Crippen MR) is 69.3 cm³/mol. The van der Waals surface area contributed by atoms with Crippen LogP contribution < -0.4 is 9.47 Å². The highest BCUT2D eigenvalue weighted by atomic mass is 16.7. The summed E-state index contributed by atoms with van der Waals surface area (Å²) in [4.78, 5) is 0. The molecule has 0 aromatic heterocycles. The fourth-order valence-electron chi connectivity index (χ4n) is 2.04. The van der Waals surface area contributed by atoms with E-state index in [-0.39, 0.29) is 12.9 Å². The van der Waals surface area contributed by atoms with Crippen LogP contribution in [0, 0.1) is 0 Å². The van der Waals surface area contributed by atoms with Crippen molar-refractivity contribution in [3.05, 3.63) is 23.8 Å². The lowest BCUT2D eigenvalue weighted by Gasteiger charge is -2.24. The van der Waals surface area contributed by atoms with Gasteiger partial charge in [0.1, 0.15) is 6.10 Å². The standard InChI is InChI=1S/C14H20O5/c1-17-13-8-10(11(16)9-15)5-6-12(13)19-14-4-2-3-7-18-14/h5-6,8,11,14-16H,2-4,7,9H2,1H3. The molecule has 2 rings (SSSR count). The quantitative estimate of drug-likeness (QED) is 0.849. The van der Waals surface area contributed by atoms with Crippen LogP contribution in [-0.4, -0.2) is 36.8 Å². The molecule has 1 aromatic rings. The molecule has 0 saturated carbocycles. The molecule has 0 aliphatic carbocycles. The number of hydrogen-bond donors (Lipinski definition) is 2.